The van der Waals surface area contributed by atoms with Crippen LogP contribution in [0.25, 0.3) is 0 Å². The van der Waals surface area contributed by atoms with E-state index in [0.29, 0.717) is 0 Å². The third-order valence-electron chi connectivity index (χ3n) is 2.29. The topological polar surface area (TPSA) is 26.3 Å². The summed E-state index contributed by atoms with van der Waals surface area (Å²) in [5.74, 6) is -6.49. The molecule has 1 aromatic rings. The van der Waals surface area contributed by atoms with E-state index in [1.807, 2.05) is 0 Å². The maximum absolute atomic E-state index is 12.4. The van der Waals surface area contributed by atoms with Gasteiger partial charge >= 0.3 is 12.4 Å². The fraction of sp³-hybridized carbons (Fsp3) is 0.364. The van der Waals surface area contributed by atoms with Crippen molar-refractivity contribution in [1.82, 2.24) is 0 Å². The van der Waals surface area contributed by atoms with E-state index in [2.05, 4.69) is 4.74 Å². The number of methoxy groups -OCH3 is 1. The van der Waals surface area contributed by atoms with Crippen LogP contribution in [0.5, 0.6) is 5.75 Å². The van der Waals surface area contributed by atoms with Crippen molar-refractivity contribution in [3.63, 3.8) is 0 Å². The molecule has 1 aromatic carbocycles. The van der Waals surface area contributed by atoms with E-state index in [9.17, 15) is 31.1 Å². The fourth-order valence-corrected chi connectivity index (χ4v) is 1.49. The minimum atomic E-state index is -5.71. The van der Waals surface area contributed by atoms with Crippen molar-refractivity contribution < 1.29 is 35.9 Å². The van der Waals surface area contributed by atoms with Gasteiger partial charge in [0.15, 0.2) is 5.78 Å². The van der Waals surface area contributed by atoms with Crippen molar-refractivity contribution >= 4 is 5.78 Å². The maximum Gasteiger partial charge on any atom is 0.407 e. The van der Waals surface area contributed by atoms with Gasteiger partial charge in [-0.3, -0.25) is 4.79 Å². The van der Waals surface area contributed by atoms with E-state index < -0.39 is 29.6 Å². The third-order valence-corrected chi connectivity index (χ3v) is 2.29. The fourth-order valence-electron chi connectivity index (χ4n) is 1.49. The molecule has 0 amide bonds. The lowest BCUT2D eigenvalue weighted by molar-refractivity contribution is -0.264. The molecule has 0 aliphatic heterocycles. The van der Waals surface area contributed by atoms with E-state index in [1.165, 1.54) is 6.07 Å². The highest BCUT2D eigenvalue weighted by atomic mass is 19.4. The molecular weight excluding hydrogens is 278 g/mol. The summed E-state index contributed by atoms with van der Waals surface area (Å²) < 4.78 is 79.0. The summed E-state index contributed by atoms with van der Waals surface area (Å²) in [7, 11) is 1.04. The van der Waals surface area contributed by atoms with Gasteiger partial charge in [0.1, 0.15) is 5.75 Å². The number of carbonyl (C=O) groups excluding carboxylic acids is 1. The Bertz CT molecular complexity index is 449. The van der Waals surface area contributed by atoms with E-state index in [4.69, 9.17) is 0 Å². The van der Waals surface area contributed by atoms with Crippen molar-refractivity contribution in [3.8, 4) is 5.75 Å². The Labute approximate surface area is 104 Å². The average Bonchev–Trinajstić information content (AvgIpc) is 2.24. The molecule has 0 aromatic heterocycles. The molecule has 0 aliphatic rings. The minimum Gasteiger partial charge on any atom is -0.496 e. The number of ether oxygens (including phenoxy) is 1. The van der Waals surface area contributed by atoms with Gasteiger partial charge in [0, 0.05) is 0 Å². The van der Waals surface area contributed by atoms with E-state index in [0.717, 1.165) is 25.3 Å². The van der Waals surface area contributed by atoms with Crippen LogP contribution in [-0.4, -0.2) is 25.2 Å². The smallest absolute Gasteiger partial charge is 0.407 e. The Morgan fingerprint density at radius 2 is 1.53 bits per heavy atom. The molecule has 0 bridgehead atoms. The predicted octanol–water partition coefficient (Wildman–Crippen LogP) is 3.62. The summed E-state index contributed by atoms with van der Waals surface area (Å²) in [6, 6.07) is 4.44. The molecule has 19 heavy (non-hydrogen) atoms. The molecule has 8 heteroatoms. The molecular formula is C11H8F6O2. The van der Waals surface area contributed by atoms with Crippen molar-refractivity contribution in [1.29, 1.82) is 0 Å². The lowest BCUT2D eigenvalue weighted by Gasteiger charge is -2.22. The van der Waals surface area contributed by atoms with Gasteiger partial charge in [0.2, 0.25) is 5.92 Å². The van der Waals surface area contributed by atoms with Crippen LogP contribution in [0.2, 0.25) is 0 Å². The Kier molecular flexibility index (Phi) is 4.12. The first-order valence-corrected chi connectivity index (χ1v) is 4.89. The number of alkyl halides is 6. The molecule has 1 rings (SSSR count). The molecule has 0 N–H and O–H groups in total. The monoisotopic (exact) mass is 286 g/mol. The molecule has 0 fully saturated rings. The number of hydrogen-bond donors (Lipinski definition) is 0. The molecule has 0 saturated carbocycles. The summed E-state index contributed by atoms with van der Waals surface area (Å²) in [5.41, 5.74) is -0.760. The lowest BCUT2D eigenvalue weighted by Crippen LogP contribution is -2.42. The first-order valence-electron chi connectivity index (χ1n) is 4.89. The number of para-hydroxylation sites is 1. The Balaban J connectivity index is 3.29. The molecule has 0 spiro atoms. The summed E-state index contributed by atoms with van der Waals surface area (Å²) in [4.78, 5) is 11.5. The van der Waals surface area contributed by atoms with Crippen LogP contribution in [0.1, 0.15) is 10.4 Å². The van der Waals surface area contributed by atoms with Gasteiger partial charge in [-0.2, -0.15) is 26.3 Å². The maximum atomic E-state index is 12.4. The number of Topliss-reactive ketones (excluding diaryl/α,β-unsaturated/α-hetero) is 1. The second-order valence-corrected chi connectivity index (χ2v) is 3.58. The first-order chi connectivity index (χ1) is 8.59. The molecule has 0 saturated heterocycles. The van der Waals surface area contributed by atoms with E-state index >= 15 is 0 Å². The standard InChI is InChI=1S/C11H8F6O2/c1-19-7-5-3-2-4-6(7)8(18)9(10(12,13)14)11(15,16)17/h2-5,9H,1H3. The van der Waals surface area contributed by atoms with Gasteiger partial charge in [-0.05, 0) is 12.1 Å². The zero-order valence-corrected chi connectivity index (χ0v) is 9.47. The van der Waals surface area contributed by atoms with Gasteiger partial charge in [0.05, 0.1) is 12.7 Å². The van der Waals surface area contributed by atoms with Gasteiger partial charge in [0.25, 0.3) is 0 Å². The van der Waals surface area contributed by atoms with Crippen LogP contribution in [-0.2, 0) is 0 Å². The number of halogens is 6. The SMILES string of the molecule is COc1ccccc1C(=O)C(C(F)(F)F)C(F)(F)F. The average molecular weight is 286 g/mol. The van der Waals surface area contributed by atoms with E-state index in [-0.39, 0.29) is 5.75 Å². The van der Waals surface area contributed by atoms with E-state index in [1.54, 1.807) is 0 Å². The largest absolute Gasteiger partial charge is 0.496 e. The Hall–Kier alpha value is -1.73. The number of benzene rings is 1. The second-order valence-electron chi connectivity index (χ2n) is 3.58. The predicted molar refractivity (Wildman–Crippen MR) is 52.9 cm³/mol. The van der Waals surface area contributed by atoms with Crippen molar-refractivity contribution in [2.45, 2.75) is 12.4 Å². The highest BCUT2D eigenvalue weighted by Crippen LogP contribution is 2.42. The second kappa shape index (κ2) is 5.10. The zero-order chi connectivity index (χ0) is 14.8. The molecule has 0 aliphatic carbocycles. The molecule has 0 radical (unpaired) electrons. The van der Waals surface area contributed by atoms with Gasteiger partial charge in [-0.15, -0.1) is 0 Å². The van der Waals surface area contributed by atoms with Crippen LogP contribution in [0, 0.1) is 5.92 Å². The van der Waals surface area contributed by atoms with Crippen LogP contribution in [0.4, 0.5) is 26.3 Å². The number of rotatable bonds is 3. The Morgan fingerprint density at radius 3 is 1.95 bits per heavy atom. The molecule has 0 heterocycles. The molecule has 106 valence electrons. The van der Waals surface area contributed by atoms with Crippen molar-refractivity contribution in [2.24, 2.45) is 5.92 Å². The quantitative estimate of drug-likeness (QED) is 0.626. The summed E-state index contributed by atoms with van der Waals surface area (Å²) in [6.45, 7) is 0. The highest BCUT2D eigenvalue weighted by Gasteiger charge is 2.61. The lowest BCUT2D eigenvalue weighted by atomic mass is 9.96. The van der Waals surface area contributed by atoms with Crippen molar-refractivity contribution in [2.75, 3.05) is 7.11 Å². The minimum absolute atomic E-state index is 0.342. The number of hydrogen-bond acceptors (Lipinski definition) is 2. The third kappa shape index (κ3) is 3.39. The summed E-state index contributed by atoms with van der Waals surface area (Å²) in [6.07, 6.45) is -11.4. The van der Waals surface area contributed by atoms with Crippen LogP contribution >= 0.6 is 0 Å². The summed E-state index contributed by atoms with van der Waals surface area (Å²) in [5, 5.41) is 0. The van der Waals surface area contributed by atoms with Crippen LogP contribution in [0.3, 0.4) is 0 Å². The van der Waals surface area contributed by atoms with Crippen LogP contribution < -0.4 is 4.74 Å². The summed E-state index contributed by atoms with van der Waals surface area (Å²) >= 11 is 0. The number of carbonyl (C=O) groups is 1. The molecule has 0 unspecified atom stereocenters. The highest BCUT2D eigenvalue weighted by molar-refractivity contribution is 6.01. The number of ketones is 1. The van der Waals surface area contributed by atoms with Crippen LogP contribution in [0.15, 0.2) is 24.3 Å². The molecule has 0 atom stereocenters. The van der Waals surface area contributed by atoms with Gasteiger partial charge in [-0.1, -0.05) is 12.1 Å². The van der Waals surface area contributed by atoms with Gasteiger partial charge < -0.3 is 4.74 Å². The zero-order valence-electron chi connectivity index (χ0n) is 9.47. The normalized spacial score (nSPS) is 12.6. The van der Waals surface area contributed by atoms with Crippen molar-refractivity contribution in [3.05, 3.63) is 29.8 Å². The Morgan fingerprint density at radius 1 is 1.05 bits per heavy atom. The molecule has 2 nitrogen and oxygen atoms in total. The first kappa shape index (κ1) is 15.3. The van der Waals surface area contributed by atoms with Gasteiger partial charge in [-0.25, -0.2) is 0 Å².